The fraction of sp³-hybridized carbons (Fsp3) is 0.571. The van der Waals surface area contributed by atoms with Gasteiger partial charge in [-0.15, -0.1) is 0 Å². The summed E-state index contributed by atoms with van der Waals surface area (Å²) in [6.45, 7) is 4.27. The van der Waals surface area contributed by atoms with Crippen LogP contribution in [0.5, 0.6) is 0 Å². The number of aromatic nitrogens is 1. The summed E-state index contributed by atoms with van der Waals surface area (Å²) in [5, 5.41) is 9.24. The first kappa shape index (κ1) is 12.4. The van der Waals surface area contributed by atoms with Gasteiger partial charge in [-0.2, -0.15) is 5.26 Å². The number of nitrogen functional groups attached to an aromatic ring is 1. The van der Waals surface area contributed by atoms with Gasteiger partial charge in [0.15, 0.2) is 0 Å². The van der Waals surface area contributed by atoms with Gasteiger partial charge in [-0.25, -0.2) is 4.98 Å². The van der Waals surface area contributed by atoms with Gasteiger partial charge >= 0.3 is 0 Å². The third-order valence-electron chi connectivity index (χ3n) is 4.18. The number of rotatable bonds is 2. The van der Waals surface area contributed by atoms with Crippen LogP contribution in [0.25, 0.3) is 0 Å². The molecule has 1 aliphatic heterocycles. The van der Waals surface area contributed by atoms with Crippen LogP contribution in [0.1, 0.15) is 55.3 Å². The summed E-state index contributed by atoms with van der Waals surface area (Å²) in [6.07, 6.45) is 2.31. The van der Waals surface area contributed by atoms with Crippen LogP contribution in [-0.2, 0) is 0 Å². The van der Waals surface area contributed by atoms with E-state index >= 15 is 0 Å². The van der Waals surface area contributed by atoms with E-state index in [1.54, 1.807) is 0 Å². The molecule has 3 rings (SSSR count). The van der Waals surface area contributed by atoms with E-state index in [9.17, 15) is 5.26 Å². The number of nitrogens with one attached hydrogen (secondary N) is 2. The van der Waals surface area contributed by atoms with Gasteiger partial charge in [0, 0.05) is 23.7 Å². The predicted molar refractivity (Wildman–Crippen MR) is 73.3 cm³/mol. The number of hydrogen-bond donors (Lipinski definition) is 3. The summed E-state index contributed by atoms with van der Waals surface area (Å²) in [5.41, 5.74) is 15.1. The molecule has 0 spiro atoms. The number of nitriles is 1. The second-order valence-electron chi connectivity index (χ2n) is 5.67. The first-order chi connectivity index (χ1) is 9.11. The first-order valence-electron chi connectivity index (χ1n) is 6.83. The summed E-state index contributed by atoms with van der Waals surface area (Å²) >= 11 is 0. The highest BCUT2D eigenvalue weighted by atomic mass is 15.4. The van der Waals surface area contributed by atoms with E-state index in [4.69, 9.17) is 5.73 Å². The van der Waals surface area contributed by atoms with Crippen molar-refractivity contribution in [3.63, 3.8) is 0 Å². The SMILES string of the molecule is CC1NNC(C)C1c1cc(C2CC2)c(C#N)c(N)n1. The molecule has 0 amide bonds. The van der Waals surface area contributed by atoms with E-state index in [1.165, 1.54) is 0 Å². The minimum Gasteiger partial charge on any atom is -0.383 e. The Morgan fingerprint density at radius 3 is 2.47 bits per heavy atom. The molecule has 1 aromatic heterocycles. The lowest BCUT2D eigenvalue weighted by Gasteiger charge is -2.19. The molecule has 4 N–H and O–H groups in total. The van der Waals surface area contributed by atoms with E-state index < -0.39 is 0 Å². The zero-order chi connectivity index (χ0) is 13.6. The molecule has 2 unspecified atom stereocenters. The molecule has 1 saturated heterocycles. The van der Waals surface area contributed by atoms with Crippen molar-refractivity contribution in [3.8, 4) is 6.07 Å². The maximum absolute atomic E-state index is 9.24. The fourth-order valence-electron chi connectivity index (χ4n) is 3.00. The van der Waals surface area contributed by atoms with Gasteiger partial charge in [0.25, 0.3) is 0 Å². The summed E-state index contributed by atoms with van der Waals surface area (Å²) in [4.78, 5) is 4.47. The molecule has 19 heavy (non-hydrogen) atoms. The Kier molecular flexibility index (Phi) is 2.92. The van der Waals surface area contributed by atoms with Crippen molar-refractivity contribution >= 4 is 5.82 Å². The monoisotopic (exact) mass is 257 g/mol. The van der Waals surface area contributed by atoms with E-state index in [1.807, 2.05) is 0 Å². The predicted octanol–water partition coefficient (Wildman–Crippen LogP) is 1.38. The molecule has 2 heterocycles. The molecule has 0 aromatic carbocycles. The second kappa shape index (κ2) is 4.48. The van der Waals surface area contributed by atoms with Crippen LogP contribution in [0.15, 0.2) is 6.07 Å². The zero-order valence-electron chi connectivity index (χ0n) is 11.3. The minimum atomic E-state index is 0.285. The molecule has 1 aromatic rings. The topological polar surface area (TPSA) is 86.8 Å². The molecule has 5 nitrogen and oxygen atoms in total. The Hall–Kier alpha value is -1.64. The Bertz CT molecular complexity index is 534. The minimum absolute atomic E-state index is 0.285. The molecular formula is C14H19N5. The van der Waals surface area contributed by atoms with Crippen LogP contribution in [0.2, 0.25) is 0 Å². The van der Waals surface area contributed by atoms with Gasteiger partial charge in [-0.05, 0) is 44.2 Å². The van der Waals surface area contributed by atoms with Gasteiger partial charge in [-0.1, -0.05) is 0 Å². The molecule has 1 saturated carbocycles. The molecule has 2 fully saturated rings. The van der Waals surface area contributed by atoms with Crippen LogP contribution in [0, 0.1) is 11.3 Å². The molecule has 0 bridgehead atoms. The van der Waals surface area contributed by atoms with Crippen molar-refractivity contribution in [1.82, 2.24) is 15.8 Å². The van der Waals surface area contributed by atoms with Crippen LogP contribution >= 0.6 is 0 Å². The lowest BCUT2D eigenvalue weighted by molar-refractivity contribution is 0.560. The summed E-state index contributed by atoms with van der Waals surface area (Å²) in [6, 6.07) is 4.92. The number of nitrogens with zero attached hydrogens (tertiary/aromatic N) is 2. The average molecular weight is 257 g/mol. The highest BCUT2D eigenvalue weighted by molar-refractivity contribution is 5.56. The standard InChI is InChI=1S/C14H19N5/c1-7-13(8(2)19-18-7)12-5-10(9-3-4-9)11(6-15)14(16)17-12/h5,7-9,13,18-19H,3-4H2,1-2H3,(H2,16,17). The quantitative estimate of drug-likeness (QED) is 0.745. The molecular weight excluding hydrogens is 238 g/mol. The maximum Gasteiger partial charge on any atom is 0.141 e. The van der Waals surface area contributed by atoms with Crippen LogP contribution in [-0.4, -0.2) is 17.1 Å². The van der Waals surface area contributed by atoms with Gasteiger partial charge in [-0.3, -0.25) is 10.9 Å². The summed E-state index contributed by atoms with van der Waals surface area (Å²) in [7, 11) is 0. The molecule has 5 heteroatoms. The summed E-state index contributed by atoms with van der Waals surface area (Å²) in [5.74, 6) is 1.17. The van der Waals surface area contributed by atoms with E-state index in [-0.39, 0.29) is 5.92 Å². The third-order valence-corrected chi connectivity index (χ3v) is 4.18. The number of anilines is 1. The van der Waals surface area contributed by atoms with Gasteiger partial charge in [0.05, 0.1) is 5.56 Å². The van der Waals surface area contributed by atoms with Crippen molar-refractivity contribution in [3.05, 3.63) is 22.9 Å². The number of hydrogen-bond acceptors (Lipinski definition) is 5. The normalized spacial score (nSPS) is 30.3. The zero-order valence-corrected chi connectivity index (χ0v) is 11.3. The lowest BCUT2D eigenvalue weighted by Crippen LogP contribution is -2.30. The van der Waals surface area contributed by atoms with Gasteiger partial charge in [0.2, 0.25) is 0 Å². The van der Waals surface area contributed by atoms with Crippen molar-refractivity contribution in [2.45, 2.75) is 50.6 Å². The Balaban J connectivity index is 2.05. The number of hydrazine groups is 1. The van der Waals surface area contributed by atoms with E-state index in [2.05, 4.69) is 41.8 Å². The van der Waals surface area contributed by atoms with Crippen LogP contribution < -0.4 is 16.6 Å². The first-order valence-corrected chi connectivity index (χ1v) is 6.83. The van der Waals surface area contributed by atoms with Crippen molar-refractivity contribution in [1.29, 1.82) is 5.26 Å². The largest absolute Gasteiger partial charge is 0.383 e. The Labute approximate surface area is 113 Å². The lowest BCUT2D eigenvalue weighted by atomic mass is 9.90. The second-order valence-corrected chi connectivity index (χ2v) is 5.67. The molecule has 2 atom stereocenters. The van der Waals surface area contributed by atoms with E-state index in [0.717, 1.165) is 24.1 Å². The molecule has 1 aliphatic carbocycles. The molecule has 100 valence electrons. The van der Waals surface area contributed by atoms with Crippen LogP contribution in [0.4, 0.5) is 5.82 Å². The Morgan fingerprint density at radius 2 is 1.95 bits per heavy atom. The molecule has 2 aliphatic rings. The highest BCUT2D eigenvalue weighted by Gasteiger charge is 2.35. The fourth-order valence-corrected chi connectivity index (χ4v) is 3.00. The van der Waals surface area contributed by atoms with Gasteiger partial charge < -0.3 is 5.73 Å². The Morgan fingerprint density at radius 1 is 1.32 bits per heavy atom. The smallest absolute Gasteiger partial charge is 0.141 e. The maximum atomic E-state index is 9.24. The third kappa shape index (κ3) is 2.07. The van der Waals surface area contributed by atoms with Crippen molar-refractivity contribution in [2.24, 2.45) is 0 Å². The van der Waals surface area contributed by atoms with Gasteiger partial charge in [0.1, 0.15) is 11.9 Å². The van der Waals surface area contributed by atoms with E-state index in [0.29, 0.717) is 29.4 Å². The highest BCUT2D eigenvalue weighted by Crippen LogP contribution is 2.43. The number of nitrogens with two attached hydrogens (primary N) is 1. The average Bonchev–Trinajstić information content (AvgIpc) is 3.15. The van der Waals surface area contributed by atoms with Crippen molar-refractivity contribution in [2.75, 3.05) is 5.73 Å². The van der Waals surface area contributed by atoms with Crippen LogP contribution in [0.3, 0.4) is 0 Å². The molecule has 0 radical (unpaired) electrons. The van der Waals surface area contributed by atoms with Crippen molar-refractivity contribution < 1.29 is 0 Å². The number of pyridine rings is 1. The summed E-state index contributed by atoms with van der Waals surface area (Å²) < 4.78 is 0.